The van der Waals surface area contributed by atoms with Gasteiger partial charge >= 0.3 is 0 Å². The number of carbonyl (C=O) groups is 2. The maximum absolute atomic E-state index is 14.0. The summed E-state index contributed by atoms with van der Waals surface area (Å²) in [5.74, 6) is -1.93. The first-order valence-corrected chi connectivity index (χ1v) is 14.7. The average Bonchev–Trinajstić information content (AvgIpc) is 2.95. The van der Waals surface area contributed by atoms with Crippen LogP contribution in [0.15, 0.2) is 60.7 Å². The largest absolute Gasteiger partial charge is 0.390 e. The van der Waals surface area contributed by atoms with Gasteiger partial charge < -0.3 is 20.6 Å². The second-order valence-corrected chi connectivity index (χ2v) is 10.9. The van der Waals surface area contributed by atoms with Crippen LogP contribution in [0.4, 0.5) is 8.78 Å². The molecule has 6 nitrogen and oxygen atoms in total. The number of nitrogens with zero attached hydrogens (tertiary/aromatic N) is 2. The van der Waals surface area contributed by atoms with Crippen molar-refractivity contribution in [2.24, 2.45) is 5.73 Å². The number of halogens is 2. The summed E-state index contributed by atoms with van der Waals surface area (Å²) in [5, 5.41) is 11.1. The molecule has 8 heteroatoms. The molecule has 3 rings (SSSR count). The molecule has 0 aromatic heterocycles. The van der Waals surface area contributed by atoms with Crippen LogP contribution in [0.3, 0.4) is 0 Å². The van der Waals surface area contributed by atoms with E-state index in [1.807, 2.05) is 45.0 Å². The van der Waals surface area contributed by atoms with Crippen LogP contribution in [-0.2, 0) is 19.4 Å². The molecule has 0 saturated heterocycles. The molecule has 3 aromatic rings. The SMILES string of the molecule is CCCCN(CC)C(=O)c1cc(C)cc(C(=O)N(Cc2cccc(CC)c2)C[C@@H](O)[C@@H](N)Cc2cc(F)cc(F)c2)c1. The van der Waals surface area contributed by atoms with E-state index in [-0.39, 0.29) is 31.3 Å². The predicted octanol–water partition coefficient (Wildman–Crippen LogP) is 5.67. The van der Waals surface area contributed by atoms with Gasteiger partial charge in [0.2, 0.25) is 0 Å². The van der Waals surface area contributed by atoms with Crippen molar-refractivity contribution in [1.29, 1.82) is 0 Å². The van der Waals surface area contributed by atoms with Crippen LogP contribution >= 0.6 is 0 Å². The van der Waals surface area contributed by atoms with Gasteiger partial charge in [0.05, 0.1) is 6.10 Å². The number of amides is 2. The van der Waals surface area contributed by atoms with Gasteiger partial charge in [-0.3, -0.25) is 9.59 Å². The zero-order chi connectivity index (χ0) is 30.8. The summed E-state index contributed by atoms with van der Waals surface area (Å²) >= 11 is 0. The number of nitrogens with two attached hydrogens (primary N) is 1. The summed E-state index contributed by atoms with van der Waals surface area (Å²) < 4.78 is 27.4. The van der Waals surface area contributed by atoms with Crippen LogP contribution in [-0.4, -0.2) is 58.5 Å². The predicted molar refractivity (Wildman–Crippen MR) is 162 cm³/mol. The van der Waals surface area contributed by atoms with Gasteiger partial charge in [0.15, 0.2) is 0 Å². The third-order valence-electron chi connectivity index (χ3n) is 7.38. The Kier molecular flexibility index (Phi) is 12.2. The molecule has 0 aliphatic carbocycles. The number of carbonyl (C=O) groups excluding carboxylic acids is 2. The van der Waals surface area contributed by atoms with Crippen LogP contribution in [0.2, 0.25) is 0 Å². The minimum Gasteiger partial charge on any atom is -0.390 e. The molecule has 2 atom stereocenters. The Morgan fingerprint density at radius 1 is 0.857 bits per heavy atom. The second kappa shape index (κ2) is 15.6. The molecule has 0 aliphatic heterocycles. The second-order valence-electron chi connectivity index (χ2n) is 10.9. The van der Waals surface area contributed by atoms with Crippen molar-refractivity contribution < 1.29 is 23.5 Å². The lowest BCUT2D eigenvalue weighted by Gasteiger charge is -2.29. The molecule has 42 heavy (non-hydrogen) atoms. The quantitative estimate of drug-likeness (QED) is 0.258. The maximum atomic E-state index is 14.0. The average molecular weight is 580 g/mol. The third-order valence-corrected chi connectivity index (χ3v) is 7.38. The third kappa shape index (κ3) is 9.19. The van der Waals surface area contributed by atoms with E-state index >= 15 is 0 Å². The van der Waals surface area contributed by atoms with Gasteiger partial charge in [0.25, 0.3) is 11.8 Å². The molecule has 0 spiro atoms. The highest BCUT2D eigenvalue weighted by molar-refractivity contribution is 6.00. The van der Waals surface area contributed by atoms with E-state index in [4.69, 9.17) is 5.73 Å². The van der Waals surface area contributed by atoms with Crippen molar-refractivity contribution >= 4 is 11.8 Å². The van der Waals surface area contributed by atoms with Crippen molar-refractivity contribution in [2.45, 2.75) is 72.1 Å². The summed E-state index contributed by atoms with van der Waals surface area (Å²) in [4.78, 5) is 30.6. The molecule has 0 saturated carbocycles. The van der Waals surface area contributed by atoms with Gasteiger partial charge in [-0.25, -0.2) is 8.78 Å². The van der Waals surface area contributed by atoms with Gasteiger partial charge in [-0.05, 0) is 85.7 Å². The number of aliphatic hydroxyl groups is 1. The summed E-state index contributed by atoms with van der Waals surface area (Å²) in [6.45, 7) is 9.20. The van der Waals surface area contributed by atoms with Crippen LogP contribution in [0.1, 0.15) is 76.6 Å². The van der Waals surface area contributed by atoms with E-state index in [1.165, 1.54) is 17.0 Å². The number of hydrogen-bond acceptors (Lipinski definition) is 4. The van der Waals surface area contributed by atoms with Crippen LogP contribution < -0.4 is 5.73 Å². The topological polar surface area (TPSA) is 86.9 Å². The first-order valence-electron chi connectivity index (χ1n) is 14.7. The lowest BCUT2D eigenvalue weighted by molar-refractivity contribution is 0.0554. The summed E-state index contributed by atoms with van der Waals surface area (Å²) in [5.41, 5.74) is 10.1. The zero-order valence-electron chi connectivity index (χ0n) is 25.1. The number of benzene rings is 3. The van der Waals surface area contributed by atoms with E-state index in [0.717, 1.165) is 42.0 Å². The molecule has 0 aliphatic rings. The minimum atomic E-state index is -1.18. The molecular weight excluding hydrogens is 536 g/mol. The highest BCUT2D eigenvalue weighted by Crippen LogP contribution is 2.19. The van der Waals surface area contributed by atoms with Crippen molar-refractivity contribution in [1.82, 2.24) is 9.80 Å². The Hall–Kier alpha value is -3.62. The van der Waals surface area contributed by atoms with Gasteiger partial charge in [0, 0.05) is 49.4 Å². The standard InChI is InChI=1S/C34H43F2N3O3/c1-5-8-12-38(7-3)33(41)27-13-23(4)14-28(19-27)34(42)39(21-25-11-9-10-24(6-2)15-25)22-32(40)31(37)18-26-16-29(35)20-30(36)17-26/h9-11,13-17,19-20,31-32,40H,5-8,12,18,21-22,37H2,1-4H3/t31-,32+/m0/s1. The molecule has 3 aromatic carbocycles. The van der Waals surface area contributed by atoms with Crippen molar-refractivity contribution in [3.63, 3.8) is 0 Å². The molecule has 2 amide bonds. The summed E-state index contributed by atoms with van der Waals surface area (Å²) in [7, 11) is 0. The monoisotopic (exact) mass is 579 g/mol. The van der Waals surface area contributed by atoms with Crippen molar-refractivity contribution in [2.75, 3.05) is 19.6 Å². The summed E-state index contributed by atoms with van der Waals surface area (Å²) in [6.07, 6.45) is 1.53. The number of unbranched alkanes of at least 4 members (excludes halogenated alkanes) is 1. The lowest BCUT2D eigenvalue weighted by atomic mass is 10.00. The van der Waals surface area contributed by atoms with E-state index in [1.54, 1.807) is 23.1 Å². The van der Waals surface area contributed by atoms with Gasteiger partial charge in [-0.15, -0.1) is 0 Å². The van der Waals surface area contributed by atoms with Gasteiger partial charge in [-0.2, -0.15) is 0 Å². The normalized spacial score (nSPS) is 12.6. The Balaban J connectivity index is 1.90. The number of aliphatic hydroxyl groups excluding tert-OH is 1. The zero-order valence-corrected chi connectivity index (χ0v) is 25.1. The Bertz CT molecular complexity index is 1340. The highest BCUT2D eigenvalue weighted by atomic mass is 19.1. The highest BCUT2D eigenvalue weighted by Gasteiger charge is 2.25. The van der Waals surface area contributed by atoms with Crippen molar-refractivity contribution in [3.8, 4) is 0 Å². The Labute approximate surface area is 248 Å². The van der Waals surface area contributed by atoms with Crippen LogP contribution in [0.5, 0.6) is 0 Å². The molecule has 3 N–H and O–H groups in total. The van der Waals surface area contributed by atoms with Crippen LogP contribution in [0, 0.1) is 18.6 Å². The summed E-state index contributed by atoms with van der Waals surface area (Å²) in [6, 6.07) is 15.3. The maximum Gasteiger partial charge on any atom is 0.254 e. The number of hydrogen-bond donors (Lipinski definition) is 2. The van der Waals surface area contributed by atoms with E-state index < -0.39 is 23.8 Å². The number of aryl methyl sites for hydroxylation is 2. The lowest BCUT2D eigenvalue weighted by Crippen LogP contribution is -2.46. The molecule has 226 valence electrons. The van der Waals surface area contributed by atoms with E-state index in [9.17, 15) is 23.5 Å². The fourth-order valence-electron chi connectivity index (χ4n) is 5.03. The van der Waals surface area contributed by atoms with Crippen LogP contribution in [0.25, 0.3) is 0 Å². The fourth-order valence-corrected chi connectivity index (χ4v) is 5.03. The Morgan fingerprint density at radius 2 is 1.48 bits per heavy atom. The smallest absolute Gasteiger partial charge is 0.254 e. The van der Waals surface area contributed by atoms with Gasteiger partial charge in [-0.1, -0.05) is 44.5 Å². The van der Waals surface area contributed by atoms with Crippen molar-refractivity contribution in [3.05, 3.63) is 106 Å². The minimum absolute atomic E-state index is 0.0247. The molecule has 0 fully saturated rings. The number of rotatable bonds is 14. The van der Waals surface area contributed by atoms with E-state index in [2.05, 4.69) is 6.92 Å². The molecule has 0 bridgehead atoms. The first kappa shape index (κ1) is 32.9. The molecule has 0 unspecified atom stereocenters. The fraction of sp³-hybridized carbons (Fsp3) is 0.412. The van der Waals surface area contributed by atoms with E-state index in [0.29, 0.717) is 29.8 Å². The molecule has 0 heterocycles. The Morgan fingerprint density at radius 3 is 2.07 bits per heavy atom. The van der Waals surface area contributed by atoms with Gasteiger partial charge in [0.1, 0.15) is 11.6 Å². The first-order chi connectivity index (χ1) is 20.0. The molecular formula is C34H43F2N3O3. The molecule has 0 radical (unpaired) electrons.